The molecule has 29 heavy (non-hydrogen) atoms. The number of amides is 1. The SMILES string of the molecule is C=CCc1ccccc1OCc1ccc(C(=O)NC2C3CC4CC(C3)CC2C4)o1. The zero-order valence-electron chi connectivity index (χ0n) is 16.8. The minimum absolute atomic E-state index is 0.0826. The predicted octanol–water partition coefficient (Wildman–Crippen LogP) is 5.14. The van der Waals surface area contributed by atoms with Crippen LogP contribution in [0.1, 0.15) is 54.0 Å². The predicted molar refractivity (Wildman–Crippen MR) is 112 cm³/mol. The molecule has 4 saturated carbocycles. The summed E-state index contributed by atoms with van der Waals surface area (Å²) in [6, 6.07) is 11.8. The van der Waals surface area contributed by atoms with E-state index >= 15 is 0 Å². The van der Waals surface area contributed by atoms with Crippen LogP contribution in [0.3, 0.4) is 0 Å². The second-order valence-corrected chi connectivity index (χ2v) is 9.09. The molecule has 4 heteroatoms. The topological polar surface area (TPSA) is 51.5 Å². The fraction of sp³-hybridized carbons (Fsp3) is 0.480. The first-order valence-corrected chi connectivity index (χ1v) is 10.9. The van der Waals surface area contributed by atoms with E-state index in [0.717, 1.165) is 29.6 Å². The number of carbonyl (C=O) groups excluding carboxylic acids is 1. The molecular formula is C25H29NO3. The highest BCUT2D eigenvalue weighted by atomic mass is 16.5. The number of furan rings is 1. The van der Waals surface area contributed by atoms with E-state index in [9.17, 15) is 4.79 Å². The van der Waals surface area contributed by atoms with E-state index in [1.165, 1.54) is 32.1 Å². The van der Waals surface area contributed by atoms with Gasteiger partial charge in [-0.3, -0.25) is 4.79 Å². The molecule has 6 rings (SSSR count). The van der Waals surface area contributed by atoms with Gasteiger partial charge in [-0.2, -0.15) is 0 Å². The van der Waals surface area contributed by atoms with Crippen LogP contribution < -0.4 is 10.1 Å². The molecule has 1 amide bonds. The van der Waals surface area contributed by atoms with Crippen LogP contribution in [0, 0.1) is 23.7 Å². The van der Waals surface area contributed by atoms with Crippen LogP contribution >= 0.6 is 0 Å². The number of ether oxygens (including phenoxy) is 1. The first-order chi connectivity index (χ1) is 14.2. The highest BCUT2D eigenvalue weighted by Crippen LogP contribution is 2.53. The van der Waals surface area contributed by atoms with Crippen molar-refractivity contribution >= 4 is 5.91 Å². The highest BCUT2D eigenvalue weighted by molar-refractivity contribution is 5.91. The lowest BCUT2D eigenvalue weighted by Gasteiger charge is -2.54. The molecule has 0 radical (unpaired) electrons. The number of benzene rings is 1. The molecule has 0 spiro atoms. The summed E-state index contributed by atoms with van der Waals surface area (Å²) >= 11 is 0. The normalized spacial score (nSPS) is 29.6. The number of hydrogen-bond acceptors (Lipinski definition) is 3. The van der Waals surface area contributed by atoms with Crippen LogP contribution in [0.5, 0.6) is 5.75 Å². The molecule has 152 valence electrons. The zero-order valence-corrected chi connectivity index (χ0v) is 16.8. The Bertz CT molecular complexity index is 871. The second kappa shape index (κ2) is 7.74. The van der Waals surface area contributed by atoms with Gasteiger partial charge < -0.3 is 14.5 Å². The van der Waals surface area contributed by atoms with Gasteiger partial charge in [0.15, 0.2) is 5.76 Å². The van der Waals surface area contributed by atoms with E-state index in [2.05, 4.69) is 11.9 Å². The van der Waals surface area contributed by atoms with Gasteiger partial charge in [0, 0.05) is 6.04 Å². The lowest BCUT2D eigenvalue weighted by molar-refractivity contribution is -0.0123. The van der Waals surface area contributed by atoms with Crippen molar-refractivity contribution in [3.8, 4) is 5.75 Å². The third-order valence-corrected chi connectivity index (χ3v) is 7.12. The summed E-state index contributed by atoms with van der Waals surface area (Å²) in [6.07, 6.45) is 9.21. The summed E-state index contributed by atoms with van der Waals surface area (Å²) in [5.41, 5.74) is 1.09. The Labute approximate surface area is 172 Å². The summed E-state index contributed by atoms with van der Waals surface area (Å²) < 4.78 is 11.7. The fourth-order valence-corrected chi connectivity index (χ4v) is 6.08. The maximum atomic E-state index is 12.8. The molecule has 0 aliphatic heterocycles. The Hall–Kier alpha value is -2.49. The molecule has 4 bridgehead atoms. The van der Waals surface area contributed by atoms with Crippen molar-refractivity contribution in [1.29, 1.82) is 0 Å². The molecule has 1 aromatic heterocycles. The molecule has 4 aliphatic rings. The first-order valence-electron chi connectivity index (χ1n) is 10.9. The van der Waals surface area contributed by atoms with Gasteiger partial charge in [-0.1, -0.05) is 24.3 Å². The van der Waals surface area contributed by atoms with Gasteiger partial charge in [0.2, 0.25) is 0 Å². The monoisotopic (exact) mass is 391 g/mol. The van der Waals surface area contributed by atoms with Crippen LogP contribution in [-0.4, -0.2) is 11.9 Å². The van der Waals surface area contributed by atoms with Crippen LogP contribution in [0.4, 0.5) is 0 Å². The van der Waals surface area contributed by atoms with Crippen molar-refractivity contribution in [3.05, 3.63) is 66.1 Å². The van der Waals surface area contributed by atoms with E-state index in [1.54, 1.807) is 6.07 Å². The molecule has 1 N–H and O–H groups in total. The quantitative estimate of drug-likeness (QED) is 0.665. The Morgan fingerprint density at radius 2 is 1.79 bits per heavy atom. The van der Waals surface area contributed by atoms with Gasteiger partial charge in [0.25, 0.3) is 5.91 Å². The smallest absolute Gasteiger partial charge is 0.287 e. The second-order valence-electron chi connectivity index (χ2n) is 9.09. The Morgan fingerprint density at radius 3 is 2.52 bits per heavy atom. The number of hydrogen-bond donors (Lipinski definition) is 1. The number of nitrogens with one attached hydrogen (secondary N) is 1. The van der Waals surface area contributed by atoms with E-state index in [0.29, 0.717) is 36.0 Å². The summed E-state index contributed by atoms with van der Waals surface area (Å²) in [6.45, 7) is 4.10. The highest BCUT2D eigenvalue weighted by Gasteiger charge is 2.48. The summed E-state index contributed by atoms with van der Waals surface area (Å²) in [7, 11) is 0. The minimum Gasteiger partial charge on any atom is -0.485 e. The molecule has 2 aromatic rings. The van der Waals surface area contributed by atoms with Crippen LogP contribution in [0.2, 0.25) is 0 Å². The first kappa shape index (κ1) is 18.5. The van der Waals surface area contributed by atoms with Crippen molar-refractivity contribution in [3.63, 3.8) is 0 Å². The summed E-state index contributed by atoms with van der Waals surface area (Å²) in [5, 5.41) is 3.31. The fourth-order valence-electron chi connectivity index (χ4n) is 6.08. The number of allylic oxidation sites excluding steroid dienone is 1. The third-order valence-electron chi connectivity index (χ3n) is 7.12. The Kier molecular flexibility index (Phi) is 4.94. The number of rotatable bonds is 7. The maximum absolute atomic E-state index is 12.8. The molecule has 0 unspecified atom stereocenters. The van der Waals surface area contributed by atoms with E-state index in [-0.39, 0.29) is 5.91 Å². The standard InChI is InChI=1S/C25H29NO3/c1-2-5-18-6-3-4-7-22(18)28-15-21-8-9-23(29-21)25(27)26-24-19-11-16-10-17(13-19)14-20(24)12-16/h2-4,6-9,16-17,19-20,24H,1,5,10-15H2,(H,26,27). The molecule has 1 heterocycles. The molecule has 4 nitrogen and oxygen atoms in total. The average molecular weight is 392 g/mol. The molecule has 4 aliphatic carbocycles. The lowest BCUT2D eigenvalue weighted by atomic mass is 9.54. The van der Waals surface area contributed by atoms with Gasteiger partial charge in [-0.15, -0.1) is 6.58 Å². The molecule has 1 aromatic carbocycles. The number of para-hydroxylation sites is 1. The average Bonchev–Trinajstić information content (AvgIpc) is 3.19. The molecule has 0 saturated heterocycles. The Balaban J connectivity index is 1.20. The van der Waals surface area contributed by atoms with Gasteiger partial charge in [0.1, 0.15) is 18.1 Å². The molecule has 0 atom stereocenters. The van der Waals surface area contributed by atoms with Crippen molar-refractivity contribution < 1.29 is 13.9 Å². The van der Waals surface area contributed by atoms with Crippen molar-refractivity contribution in [1.82, 2.24) is 5.32 Å². The summed E-state index contributed by atoms with van der Waals surface area (Å²) in [5.74, 6) is 4.92. The zero-order chi connectivity index (χ0) is 19.8. The third kappa shape index (κ3) is 3.73. The van der Waals surface area contributed by atoms with Crippen molar-refractivity contribution in [2.24, 2.45) is 23.7 Å². The van der Waals surface area contributed by atoms with Crippen molar-refractivity contribution in [2.45, 2.75) is 51.2 Å². The van der Waals surface area contributed by atoms with Gasteiger partial charge in [-0.25, -0.2) is 0 Å². The van der Waals surface area contributed by atoms with E-state index in [1.807, 2.05) is 36.4 Å². The number of carbonyl (C=O) groups is 1. The Morgan fingerprint density at radius 1 is 1.07 bits per heavy atom. The van der Waals surface area contributed by atoms with E-state index < -0.39 is 0 Å². The molecule has 4 fully saturated rings. The van der Waals surface area contributed by atoms with Crippen LogP contribution in [0.15, 0.2) is 53.5 Å². The van der Waals surface area contributed by atoms with Crippen LogP contribution in [-0.2, 0) is 13.0 Å². The van der Waals surface area contributed by atoms with E-state index in [4.69, 9.17) is 9.15 Å². The van der Waals surface area contributed by atoms with Gasteiger partial charge in [-0.05, 0) is 86.0 Å². The maximum Gasteiger partial charge on any atom is 0.287 e. The van der Waals surface area contributed by atoms with Gasteiger partial charge >= 0.3 is 0 Å². The summed E-state index contributed by atoms with van der Waals surface area (Å²) in [4.78, 5) is 12.8. The van der Waals surface area contributed by atoms with Gasteiger partial charge in [0.05, 0.1) is 0 Å². The minimum atomic E-state index is -0.0826. The molecular weight excluding hydrogens is 362 g/mol. The largest absolute Gasteiger partial charge is 0.485 e. The van der Waals surface area contributed by atoms with Crippen molar-refractivity contribution in [2.75, 3.05) is 0 Å². The lowest BCUT2D eigenvalue weighted by Crippen LogP contribution is -2.55. The van der Waals surface area contributed by atoms with Crippen LogP contribution in [0.25, 0.3) is 0 Å².